The molecule has 0 radical (unpaired) electrons. The van der Waals surface area contributed by atoms with E-state index in [-0.39, 0.29) is 11.8 Å². The van der Waals surface area contributed by atoms with Gasteiger partial charge in [0.05, 0.1) is 17.5 Å². The molecule has 0 aliphatic rings. The van der Waals surface area contributed by atoms with Gasteiger partial charge >= 0.3 is 0 Å². The zero-order chi connectivity index (χ0) is 19.5. The Morgan fingerprint density at radius 2 is 2.00 bits per heavy atom. The number of aromatic nitrogens is 4. The first-order valence-corrected chi connectivity index (χ1v) is 9.47. The molecular weight excluding hydrogens is 350 g/mol. The van der Waals surface area contributed by atoms with Crippen LogP contribution >= 0.6 is 0 Å². The number of para-hydroxylation sites is 1. The van der Waals surface area contributed by atoms with Crippen molar-refractivity contribution in [1.29, 1.82) is 0 Å². The number of H-pyrrole nitrogens is 1. The minimum Gasteiger partial charge on any atom is -0.361 e. The van der Waals surface area contributed by atoms with E-state index in [0.717, 1.165) is 17.6 Å². The van der Waals surface area contributed by atoms with Crippen LogP contribution in [0.4, 0.5) is 0 Å². The maximum absolute atomic E-state index is 12.8. The highest BCUT2D eigenvalue weighted by Crippen LogP contribution is 2.22. The van der Waals surface area contributed by atoms with Crippen LogP contribution in [0.3, 0.4) is 0 Å². The fraction of sp³-hybridized carbons (Fsp3) is 0.227. The lowest BCUT2D eigenvalue weighted by Crippen LogP contribution is -2.26. The first kappa shape index (κ1) is 18.0. The summed E-state index contributed by atoms with van der Waals surface area (Å²) in [7, 11) is 0. The Balaban J connectivity index is 1.50. The molecule has 0 aliphatic heterocycles. The summed E-state index contributed by atoms with van der Waals surface area (Å²) in [6.45, 7) is 4.67. The highest BCUT2D eigenvalue weighted by atomic mass is 16.1. The Morgan fingerprint density at radius 3 is 2.79 bits per heavy atom. The number of benzene rings is 1. The van der Waals surface area contributed by atoms with E-state index in [1.807, 2.05) is 36.5 Å². The summed E-state index contributed by atoms with van der Waals surface area (Å²) >= 11 is 0. The van der Waals surface area contributed by atoms with E-state index in [9.17, 15) is 4.79 Å². The molecule has 0 saturated carbocycles. The second-order valence-electron chi connectivity index (χ2n) is 7.06. The van der Waals surface area contributed by atoms with Crippen molar-refractivity contribution < 1.29 is 4.79 Å². The number of nitrogens with zero attached hydrogens (tertiary/aromatic N) is 3. The standard InChI is InChI=1S/C22H23N5O/c1-15(2)21-18(14-26-27(21)20-9-5-6-11-23-20)22(28)24-12-10-16-13-25-19-8-4-3-7-17(16)19/h3-9,11,13-15,25H,10,12H2,1-2H3,(H,24,28). The summed E-state index contributed by atoms with van der Waals surface area (Å²) in [5.74, 6) is 0.744. The molecular formula is C22H23N5O. The van der Waals surface area contributed by atoms with Gasteiger partial charge in [-0.25, -0.2) is 9.67 Å². The molecule has 0 saturated heterocycles. The van der Waals surface area contributed by atoms with Gasteiger partial charge in [-0.3, -0.25) is 4.79 Å². The number of hydrogen-bond donors (Lipinski definition) is 2. The number of nitrogens with one attached hydrogen (secondary N) is 2. The third-order valence-electron chi connectivity index (χ3n) is 4.82. The average Bonchev–Trinajstić information content (AvgIpc) is 3.33. The van der Waals surface area contributed by atoms with Crippen LogP contribution in [0.15, 0.2) is 61.1 Å². The second-order valence-corrected chi connectivity index (χ2v) is 7.06. The number of rotatable bonds is 6. The predicted molar refractivity (Wildman–Crippen MR) is 110 cm³/mol. The van der Waals surface area contributed by atoms with E-state index < -0.39 is 0 Å². The highest BCUT2D eigenvalue weighted by Gasteiger charge is 2.21. The maximum atomic E-state index is 12.8. The van der Waals surface area contributed by atoms with Crippen LogP contribution in [0, 0.1) is 0 Å². The molecule has 6 nitrogen and oxygen atoms in total. The van der Waals surface area contributed by atoms with Gasteiger partial charge in [0.25, 0.3) is 5.91 Å². The topological polar surface area (TPSA) is 75.6 Å². The fourth-order valence-corrected chi connectivity index (χ4v) is 3.49. The van der Waals surface area contributed by atoms with Crippen molar-refractivity contribution in [3.8, 4) is 5.82 Å². The van der Waals surface area contributed by atoms with Gasteiger partial charge in [-0.1, -0.05) is 38.1 Å². The first-order chi connectivity index (χ1) is 13.6. The SMILES string of the molecule is CC(C)c1c(C(=O)NCCc2c[nH]c3ccccc23)cnn1-c1ccccn1. The van der Waals surface area contributed by atoms with E-state index in [1.165, 1.54) is 10.9 Å². The van der Waals surface area contributed by atoms with E-state index >= 15 is 0 Å². The Labute approximate surface area is 163 Å². The molecule has 4 rings (SSSR count). The molecule has 0 atom stereocenters. The van der Waals surface area contributed by atoms with Crippen LogP contribution in [-0.2, 0) is 6.42 Å². The molecule has 28 heavy (non-hydrogen) atoms. The third-order valence-corrected chi connectivity index (χ3v) is 4.82. The molecule has 4 aromatic rings. The van der Waals surface area contributed by atoms with Gasteiger partial charge < -0.3 is 10.3 Å². The Kier molecular flexibility index (Phi) is 4.93. The fourth-order valence-electron chi connectivity index (χ4n) is 3.49. The van der Waals surface area contributed by atoms with Gasteiger partial charge in [0.2, 0.25) is 0 Å². The van der Waals surface area contributed by atoms with Crippen LogP contribution in [0.25, 0.3) is 16.7 Å². The molecule has 0 unspecified atom stereocenters. The summed E-state index contributed by atoms with van der Waals surface area (Å²) < 4.78 is 1.75. The number of amides is 1. The number of hydrogen-bond acceptors (Lipinski definition) is 3. The second kappa shape index (κ2) is 7.68. The normalized spacial score (nSPS) is 11.2. The largest absolute Gasteiger partial charge is 0.361 e. The first-order valence-electron chi connectivity index (χ1n) is 9.47. The van der Waals surface area contributed by atoms with Crippen LogP contribution in [0.2, 0.25) is 0 Å². The van der Waals surface area contributed by atoms with Gasteiger partial charge in [0.1, 0.15) is 0 Å². The van der Waals surface area contributed by atoms with Gasteiger partial charge in [-0.05, 0) is 36.1 Å². The lowest BCUT2D eigenvalue weighted by atomic mass is 10.1. The van der Waals surface area contributed by atoms with E-state index in [0.29, 0.717) is 17.9 Å². The summed E-state index contributed by atoms with van der Waals surface area (Å²) in [6, 6.07) is 13.8. The van der Waals surface area contributed by atoms with E-state index in [4.69, 9.17) is 0 Å². The molecule has 6 heteroatoms. The van der Waals surface area contributed by atoms with Crippen molar-refractivity contribution in [2.45, 2.75) is 26.2 Å². The number of fused-ring (bicyclic) bond motifs is 1. The number of carbonyl (C=O) groups is 1. The molecule has 3 aromatic heterocycles. The highest BCUT2D eigenvalue weighted by molar-refractivity contribution is 5.95. The van der Waals surface area contributed by atoms with Crippen molar-refractivity contribution >= 4 is 16.8 Å². The van der Waals surface area contributed by atoms with Crippen molar-refractivity contribution in [3.63, 3.8) is 0 Å². The Bertz CT molecular complexity index is 1090. The predicted octanol–water partition coefficient (Wildman–Crippen LogP) is 3.84. The van der Waals surface area contributed by atoms with E-state index in [2.05, 4.69) is 46.4 Å². The molecule has 1 amide bonds. The molecule has 0 spiro atoms. The van der Waals surface area contributed by atoms with Crippen molar-refractivity contribution in [2.75, 3.05) is 6.54 Å². The summed E-state index contributed by atoms with van der Waals surface area (Å²) in [6.07, 6.45) is 6.13. The number of carbonyl (C=O) groups excluding carboxylic acids is 1. The molecule has 0 fully saturated rings. The van der Waals surface area contributed by atoms with Crippen LogP contribution in [-0.4, -0.2) is 32.2 Å². The zero-order valence-electron chi connectivity index (χ0n) is 16.0. The lowest BCUT2D eigenvalue weighted by Gasteiger charge is -2.12. The van der Waals surface area contributed by atoms with Gasteiger partial charge in [-0.2, -0.15) is 5.10 Å². The van der Waals surface area contributed by atoms with Crippen molar-refractivity contribution in [3.05, 3.63) is 77.9 Å². The molecule has 2 N–H and O–H groups in total. The monoisotopic (exact) mass is 373 g/mol. The maximum Gasteiger partial charge on any atom is 0.254 e. The minimum absolute atomic E-state index is 0.106. The minimum atomic E-state index is -0.106. The molecule has 0 aliphatic carbocycles. The van der Waals surface area contributed by atoms with Crippen LogP contribution in [0.1, 0.15) is 41.4 Å². The molecule has 0 bridgehead atoms. The zero-order valence-corrected chi connectivity index (χ0v) is 16.0. The summed E-state index contributed by atoms with van der Waals surface area (Å²) in [4.78, 5) is 20.4. The third kappa shape index (κ3) is 3.41. The molecule has 142 valence electrons. The average molecular weight is 373 g/mol. The lowest BCUT2D eigenvalue weighted by molar-refractivity contribution is 0.0953. The van der Waals surface area contributed by atoms with Gasteiger partial charge in [-0.15, -0.1) is 0 Å². The summed E-state index contributed by atoms with van der Waals surface area (Å²) in [5.41, 5.74) is 3.77. The van der Waals surface area contributed by atoms with Crippen LogP contribution < -0.4 is 5.32 Å². The Morgan fingerprint density at radius 1 is 1.18 bits per heavy atom. The molecule has 3 heterocycles. The quantitative estimate of drug-likeness (QED) is 0.539. The number of pyridine rings is 1. The Hall–Kier alpha value is -3.41. The van der Waals surface area contributed by atoms with Crippen LogP contribution in [0.5, 0.6) is 0 Å². The van der Waals surface area contributed by atoms with Crippen molar-refractivity contribution in [1.82, 2.24) is 25.1 Å². The van der Waals surface area contributed by atoms with Gasteiger partial charge in [0.15, 0.2) is 5.82 Å². The molecule has 1 aromatic carbocycles. The smallest absolute Gasteiger partial charge is 0.254 e. The summed E-state index contributed by atoms with van der Waals surface area (Å²) in [5, 5.41) is 8.65. The van der Waals surface area contributed by atoms with Crippen molar-refractivity contribution in [2.24, 2.45) is 0 Å². The number of aromatic amines is 1. The van der Waals surface area contributed by atoms with Gasteiger partial charge in [0, 0.05) is 29.8 Å². The van der Waals surface area contributed by atoms with E-state index in [1.54, 1.807) is 17.1 Å².